The third kappa shape index (κ3) is 2.76. The molecular formula is C10H14N2O2S. The van der Waals surface area contributed by atoms with Crippen molar-refractivity contribution in [3.05, 3.63) is 16.1 Å². The number of nitrogens with zero attached hydrogens (tertiary/aromatic N) is 1. The number of nitrogens with one attached hydrogen (secondary N) is 1. The van der Waals surface area contributed by atoms with Crippen LogP contribution in [0.25, 0.3) is 0 Å². The molecule has 0 radical (unpaired) electrons. The van der Waals surface area contributed by atoms with Crippen LogP contribution >= 0.6 is 11.3 Å². The zero-order chi connectivity index (χ0) is 10.7. The lowest BCUT2D eigenvalue weighted by Gasteiger charge is -2.22. The second kappa shape index (κ2) is 4.72. The molecule has 0 spiro atoms. The second-order valence-electron chi connectivity index (χ2n) is 3.64. The molecule has 5 heteroatoms. The quantitative estimate of drug-likeness (QED) is 0.828. The summed E-state index contributed by atoms with van der Waals surface area (Å²) in [7, 11) is 0. The van der Waals surface area contributed by atoms with Gasteiger partial charge in [0.15, 0.2) is 5.01 Å². The smallest absolute Gasteiger partial charge is 0.280 e. The summed E-state index contributed by atoms with van der Waals surface area (Å²) in [6.45, 7) is 3.42. The van der Waals surface area contributed by atoms with Gasteiger partial charge in [0.2, 0.25) is 0 Å². The normalized spacial score (nSPS) is 17.7. The van der Waals surface area contributed by atoms with Crippen molar-refractivity contribution in [3.63, 3.8) is 0 Å². The lowest BCUT2D eigenvalue weighted by atomic mass is 10.1. The van der Waals surface area contributed by atoms with E-state index in [1.54, 1.807) is 6.20 Å². The summed E-state index contributed by atoms with van der Waals surface area (Å²) in [6.07, 6.45) is 3.52. The molecule has 2 rings (SSSR count). The van der Waals surface area contributed by atoms with Gasteiger partial charge in [-0.05, 0) is 19.8 Å². The molecule has 1 aromatic rings. The zero-order valence-electron chi connectivity index (χ0n) is 8.66. The first kappa shape index (κ1) is 10.6. The van der Waals surface area contributed by atoms with Gasteiger partial charge >= 0.3 is 0 Å². The molecule has 1 aliphatic heterocycles. The van der Waals surface area contributed by atoms with Crippen molar-refractivity contribution in [1.29, 1.82) is 0 Å². The van der Waals surface area contributed by atoms with Gasteiger partial charge in [0, 0.05) is 30.3 Å². The maximum absolute atomic E-state index is 11.7. The maximum atomic E-state index is 11.7. The van der Waals surface area contributed by atoms with Crippen molar-refractivity contribution >= 4 is 17.2 Å². The van der Waals surface area contributed by atoms with E-state index in [1.165, 1.54) is 11.3 Å². The molecule has 4 nitrogen and oxygen atoms in total. The number of carbonyl (C=O) groups is 1. The van der Waals surface area contributed by atoms with Crippen molar-refractivity contribution in [2.24, 2.45) is 0 Å². The van der Waals surface area contributed by atoms with Crippen LogP contribution < -0.4 is 5.32 Å². The fraction of sp³-hybridized carbons (Fsp3) is 0.600. The van der Waals surface area contributed by atoms with Gasteiger partial charge in [0.05, 0.1) is 0 Å². The largest absolute Gasteiger partial charge is 0.381 e. The molecule has 0 aliphatic carbocycles. The van der Waals surface area contributed by atoms with Crippen LogP contribution in [0.5, 0.6) is 0 Å². The van der Waals surface area contributed by atoms with Crippen LogP contribution in [0.15, 0.2) is 6.20 Å². The molecule has 15 heavy (non-hydrogen) atoms. The SMILES string of the molecule is Cc1cnc(C(=O)NC2CCOCC2)s1. The number of hydrogen-bond acceptors (Lipinski definition) is 4. The van der Waals surface area contributed by atoms with E-state index in [0.29, 0.717) is 5.01 Å². The first-order valence-electron chi connectivity index (χ1n) is 5.07. The van der Waals surface area contributed by atoms with E-state index in [2.05, 4.69) is 10.3 Å². The number of carbonyl (C=O) groups excluding carboxylic acids is 1. The third-order valence-corrected chi connectivity index (χ3v) is 3.28. The first-order valence-corrected chi connectivity index (χ1v) is 5.88. The summed E-state index contributed by atoms with van der Waals surface area (Å²) in [6, 6.07) is 0.246. The Labute approximate surface area is 92.7 Å². The number of thiazole rings is 1. The van der Waals surface area contributed by atoms with Gasteiger partial charge < -0.3 is 10.1 Å². The highest BCUT2D eigenvalue weighted by Crippen LogP contribution is 2.12. The molecule has 0 unspecified atom stereocenters. The topological polar surface area (TPSA) is 51.2 Å². The molecule has 2 heterocycles. The van der Waals surface area contributed by atoms with Gasteiger partial charge in [-0.1, -0.05) is 0 Å². The molecule has 0 saturated carbocycles. The highest BCUT2D eigenvalue weighted by Gasteiger charge is 2.18. The van der Waals surface area contributed by atoms with Crippen LogP contribution in [0.1, 0.15) is 27.5 Å². The lowest BCUT2D eigenvalue weighted by molar-refractivity contribution is 0.0696. The third-order valence-electron chi connectivity index (χ3n) is 2.37. The van der Waals surface area contributed by atoms with Gasteiger partial charge in [-0.15, -0.1) is 11.3 Å². The van der Waals surface area contributed by atoms with E-state index in [4.69, 9.17) is 4.74 Å². The van der Waals surface area contributed by atoms with Crippen molar-refractivity contribution in [2.75, 3.05) is 13.2 Å². The molecule has 0 atom stereocenters. The highest BCUT2D eigenvalue weighted by atomic mass is 32.1. The van der Waals surface area contributed by atoms with Gasteiger partial charge in [-0.3, -0.25) is 4.79 Å². The van der Waals surface area contributed by atoms with Gasteiger partial charge in [0.1, 0.15) is 0 Å². The van der Waals surface area contributed by atoms with Gasteiger partial charge in [0.25, 0.3) is 5.91 Å². The minimum absolute atomic E-state index is 0.0556. The monoisotopic (exact) mass is 226 g/mol. The molecule has 1 fully saturated rings. The predicted molar refractivity (Wildman–Crippen MR) is 58.2 cm³/mol. The Morgan fingerprint density at radius 3 is 2.93 bits per heavy atom. The average Bonchev–Trinajstić information content (AvgIpc) is 2.66. The predicted octanol–water partition coefficient (Wildman–Crippen LogP) is 1.36. The Hall–Kier alpha value is -0.940. The molecule has 1 aromatic heterocycles. The number of aromatic nitrogens is 1. The zero-order valence-corrected chi connectivity index (χ0v) is 9.47. The molecule has 1 aliphatic rings. The minimum Gasteiger partial charge on any atom is -0.381 e. The standard InChI is InChI=1S/C10H14N2O2S/c1-7-6-11-10(15-7)9(13)12-8-2-4-14-5-3-8/h6,8H,2-5H2,1H3,(H,12,13). The van der Waals surface area contributed by atoms with Crippen molar-refractivity contribution < 1.29 is 9.53 Å². The first-order chi connectivity index (χ1) is 7.25. The summed E-state index contributed by atoms with van der Waals surface area (Å²) in [5.74, 6) is -0.0556. The maximum Gasteiger partial charge on any atom is 0.280 e. The fourth-order valence-corrected chi connectivity index (χ4v) is 2.22. The summed E-state index contributed by atoms with van der Waals surface area (Å²) in [4.78, 5) is 16.8. The van der Waals surface area contributed by atoms with Gasteiger partial charge in [-0.2, -0.15) is 0 Å². The molecule has 82 valence electrons. The number of aryl methyl sites for hydroxylation is 1. The van der Waals surface area contributed by atoms with Crippen LogP contribution in [0, 0.1) is 6.92 Å². The number of ether oxygens (including phenoxy) is 1. The Morgan fingerprint density at radius 1 is 1.60 bits per heavy atom. The lowest BCUT2D eigenvalue weighted by Crippen LogP contribution is -2.38. The summed E-state index contributed by atoms with van der Waals surface area (Å²) >= 11 is 1.43. The van der Waals surface area contributed by atoms with E-state index in [9.17, 15) is 4.79 Å². The number of rotatable bonds is 2. The number of amides is 1. The van der Waals surface area contributed by atoms with E-state index in [0.717, 1.165) is 30.9 Å². The van der Waals surface area contributed by atoms with E-state index in [-0.39, 0.29) is 11.9 Å². The Kier molecular flexibility index (Phi) is 3.33. The van der Waals surface area contributed by atoms with Crippen LogP contribution in [-0.2, 0) is 4.74 Å². The molecule has 1 amide bonds. The molecule has 0 bridgehead atoms. The van der Waals surface area contributed by atoms with E-state index in [1.807, 2.05) is 6.92 Å². The Morgan fingerprint density at radius 2 is 2.33 bits per heavy atom. The molecule has 1 saturated heterocycles. The van der Waals surface area contributed by atoms with E-state index < -0.39 is 0 Å². The molecular weight excluding hydrogens is 212 g/mol. The molecule has 0 aromatic carbocycles. The van der Waals surface area contributed by atoms with Crippen molar-refractivity contribution in [2.45, 2.75) is 25.8 Å². The fourth-order valence-electron chi connectivity index (χ4n) is 1.55. The van der Waals surface area contributed by atoms with Crippen LogP contribution in [-0.4, -0.2) is 30.1 Å². The summed E-state index contributed by atoms with van der Waals surface area (Å²) in [5.41, 5.74) is 0. The minimum atomic E-state index is -0.0556. The van der Waals surface area contributed by atoms with Crippen LogP contribution in [0.4, 0.5) is 0 Å². The second-order valence-corrected chi connectivity index (χ2v) is 4.87. The summed E-state index contributed by atoms with van der Waals surface area (Å²) in [5, 5.41) is 3.53. The Bertz CT molecular complexity index is 345. The van der Waals surface area contributed by atoms with Crippen molar-refractivity contribution in [1.82, 2.24) is 10.3 Å². The van der Waals surface area contributed by atoms with Crippen LogP contribution in [0.3, 0.4) is 0 Å². The van der Waals surface area contributed by atoms with E-state index >= 15 is 0 Å². The molecule has 1 N–H and O–H groups in total. The number of hydrogen-bond donors (Lipinski definition) is 1. The van der Waals surface area contributed by atoms with Crippen molar-refractivity contribution in [3.8, 4) is 0 Å². The highest BCUT2D eigenvalue weighted by molar-refractivity contribution is 7.13. The van der Waals surface area contributed by atoms with Crippen LogP contribution in [0.2, 0.25) is 0 Å². The average molecular weight is 226 g/mol. The summed E-state index contributed by atoms with van der Waals surface area (Å²) < 4.78 is 5.23. The Balaban J connectivity index is 1.91. The van der Waals surface area contributed by atoms with Gasteiger partial charge in [-0.25, -0.2) is 4.98 Å².